The molecule has 1 heterocycles. The molecule has 2 atom stereocenters. The van der Waals surface area contributed by atoms with Gasteiger partial charge in [-0.3, -0.25) is 0 Å². The van der Waals surface area contributed by atoms with E-state index in [0.717, 1.165) is 17.7 Å². The number of amidine groups is 1. The maximum absolute atomic E-state index is 6.26. The van der Waals surface area contributed by atoms with Crippen molar-refractivity contribution < 1.29 is 9.47 Å². The van der Waals surface area contributed by atoms with E-state index in [9.17, 15) is 0 Å². The predicted octanol–water partition coefficient (Wildman–Crippen LogP) is 4.89. The number of hydrogen-bond donors (Lipinski definition) is 1. The second kappa shape index (κ2) is 8.50. The summed E-state index contributed by atoms with van der Waals surface area (Å²) >= 11 is 12.3. The minimum atomic E-state index is -0.334. The fourth-order valence-electron chi connectivity index (χ4n) is 3.47. The highest BCUT2D eigenvalue weighted by Gasteiger charge is 2.41. The first kappa shape index (κ1) is 20.6. The number of hydrogen-bond acceptors (Lipinski definition) is 5. The van der Waals surface area contributed by atoms with Crippen LogP contribution < -0.4 is 15.4 Å². The summed E-state index contributed by atoms with van der Waals surface area (Å²) in [7, 11) is 1.61. The normalized spacial score (nSPS) is 18.2. The Balaban J connectivity index is 2.06. The molecule has 28 heavy (non-hydrogen) atoms. The Hall–Kier alpha value is -2.11. The molecule has 0 radical (unpaired) electrons. The lowest BCUT2D eigenvalue weighted by Gasteiger charge is -2.45. The lowest BCUT2D eigenvalue weighted by molar-refractivity contribution is 0.245. The van der Waals surface area contributed by atoms with E-state index in [4.69, 9.17) is 38.4 Å². The van der Waals surface area contributed by atoms with Gasteiger partial charge in [-0.2, -0.15) is 0 Å². The zero-order chi connectivity index (χ0) is 20.3. The van der Waals surface area contributed by atoms with E-state index in [1.807, 2.05) is 42.5 Å². The van der Waals surface area contributed by atoms with Crippen LogP contribution in [0.2, 0.25) is 10.0 Å². The number of nitrogens with zero attached hydrogens (tertiary/aromatic N) is 2. The van der Waals surface area contributed by atoms with Crippen LogP contribution in [0.15, 0.2) is 47.5 Å². The van der Waals surface area contributed by atoms with E-state index in [2.05, 4.69) is 23.7 Å². The zero-order valence-corrected chi connectivity index (χ0v) is 17.8. The average Bonchev–Trinajstić information content (AvgIpc) is 3.14. The number of aliphatic imine (C=N–C) groups is 1. The minimum Gasteiger partial charge on any atom is -0.495 e. The van der Waals surface area contributed by atoms with Crippen molar-refractivity contribution in [3.05, 3.63) is 58.1 Å². The fourth-order valence-corrected chi connectivity index (χ4v) is 3.79. The van der Waals surface area contributed by atoms with Crippen LogP contribution >= 0.6 is 23.2 Å². The highest BCUT2D eigenvalue weighted by Crippen LogP contribution is 2.38. The molecular weight excluding hydrogens is 397 g/mol. The summed E-state index contributed by atoms with van der Waals surface area (Å²) in [6, 6.07) is 13.8. The van der Waals surface area contributed by atoms with Crippen LogP contribution in [0.5, 0.6) is 5.75 Å². The van der Waals surface area contributed by atoms with Gasteiger partial charge in [0.15, 0.2) is 0 Å². The maximum atomic E-state index is 6.26. The van der Waals surface area contributed by atoms with Crippen molar-refractivity contribution >= 4 is 34.9 Å². The standard InChI is InChI=1S/C21H25Cl2N3O2/c1-4-21(2,19-13-28-20(24)25-19)26(12-14-5-7-15(22)8-6-14)16-9-10-17(23)18(11-16)27-3/h5-11,19H,4,12-13H2,1-3H3,(H2,24,25). The molecule has 0 aliphatic carbocycles. The molecule has 1 aliphatic heterocycles. The summed E-state index contributed by atoms with van der Waals surface area (Å²) < 4.78 is 10.9. The van der Waals surface area contributed by atoms with Crippen molar-refractivity contribution in [1.29, 1.82) is 0 Å². The van der Waals surface area contributed by atoms with Crippen molar-refractivity contribution in [2.45, 2.75) is 38.4 Å². The average molecular weight is 422 g/mol. The third kappa shape index (κ3) is 4.15. The Morgan fingerprint density at radius 1 is 1.25 bits per heavy atom. The number of ether oxygens (including phenoxy) is 2. The fraction of sp³-hybridized carbons (Fsp3) is 0.381. The second-order valence-electron chi connectivity index (χ2n) is 7.04. The van der Waals surface area contributed by atoms with Crippen LogP contribution in [0.4, 0.5) is 5.69 Å². The van der Waals surface area contributed by atoms with Gasteiger partial charge in [-0.05, 0) is 43.2 Å². The molecule has 2 aromatic rings. The molecule has 2 aromatic carbocycles. The molecule has 0 fully saturated rings. The van der Waals surface area contributed by atoms with Crippen molar-refractivity contribution in [1.82, 2.24) is 0 Å². The van der Waals surface area contributed by atoms with Crippen LogP contribution in [0, 0.1) is 0 Å². The number of methoxy groups -OCH3 is 1. The molecule has 0 saturated heterocycles. The van der Waals surface area contributed by atoms with Gasteiger partial charge in [0.2, 0.25) is 0 Å². The van der Waals surface area contributed by atoms with Gasteiger partial charge in [-0.25, -0.2) is 4.99 Å². The summed E-state index contributed by atoms with van der Waals surface area (Å²) in [6.07, 6.45) is 0.844. The number of rotatable bonds is 7. The number of anilines is 1. The van der Waals surface area contributed by atoms with Gasteiger partial charge in [-0.15, -0.1) is 0 Å². The van der Waals surface area contributed by atoms with Gasteiger partial charge in [0.1, 0.15) is 18.4 Å². The summed E-state index contributed by atoms with van der Waals surface area (Å²) in [4.78, 5) is 6.86. The quantitative estimate of drug-likeness (QED) is 0.690. The van der Waals surface area contributed by atoms with E-state index < -0.39 is 0 Å². The van der Waals surface area contributed by atoms with Gasteiger partial charge in [0, 0.05) is 23.3 Å². The van der Waals surface area contributed by atoms with Crippen LogP contribution in [0.3, 0.4) is 0 Å². The van der Waals surface area contributed by atoms with Crippen LogP contribution in [-0.2, 0) is 11.3 Å². The molecule has 0 aromatic heterocycles. The Bertz CT molecular complexity index is 857. The molecular formula is C21H25Cl2N3O2. The van der Waals surface area contributed by atoms with Crippen molar-refractivity contribution in [2.24, 2.45) is 10.7 Å². The summed E-state index contributed by atoms with van der Waals surface area (Å²) in [6.45, 7) is 5.45. The molecule has 0 saturated carbocycles. The smallest absolute Gasteiger partial charge is 0.282 e. The number of benzene rings is 2. The summed E-state index contributed by atoms with van der Waals surface area (Å²) in [5.74, 6) is 0.629. The lowest BCUT2D eigenvalue weighted by Crippen LogP contribution is -2.54. The molecule has 7 heteroatoms. The summed E-state index contributed by atoms with van der Waals surface area (Å²) in [5.41, 5.74) is 7.59. The molecule has 5 nitrogen and oxygen atoms in total. The van der Waals surface area contributed by atoms with Gasteiger partial charge in [-0.1, -0.05) is 42.3 Å². The van der Waals surface area contributed by atoms with E-state index in [0.29, 0.717) is 28.9 Å². The predicted molar refractivity (Wildman–Crippen MR) is 116 cm³/mol. The second-order valence-corrected chi connectivity index (χ2v) is 7.88. The lowest BCUT2D eigenvalue weighted by atomic mass is 9.87. The van der Waals surface area contributed by atoms with Crippen molar-refractivity contribution in [3.8, 4) is 5.75 Å². The van der Waals surface area contributed by atoms with Gasteiger partial charge < -0.3 is 20.1 Å². The number of nitrogens with two attached hydrogens (primary N) is 1. The molecule has 3 rings (SSSR count). The molecule has 0 spiro atoms. The maximum Gasteiger partial charge on any atom is 0.282 e. The Morgan fingerprint density at radius 2 is 1.96 bits per heavy atom. The van der Waals surface area contributed by atoms with Crippen LogP contribution in [0.25, 0.3) is 0 Å². The first-order chi connectivity index (χ1) is 13.4. The van der Waals surface area contributed by atoms with Crippen molar-refractivity contribution in [3.63, 3.8) is 0 Å². The Kier molecular flexibility index (Phi) is 6.26. The third-order valence-corrected chi connectivity index (χ3v) is 5.99. The van der Waals surface area contributed by atoms with E-state index in [1.54, 1.807) is 7.11 Å². The van der Waals surface area contributed by atoms with Crippen molar-refractivity contribution in [2.75, 3.05) is 18.6 Å². The number of halogens is 2. The topological polar surface area (TPSA) is 60.1 Å². The first-order valence-electron chi connectivity index (χ1n) is 9.19. The molecule has 0 bridgehead atoms. The van der Waals surface area contributed by atoms with E-state index >= 15 is 0 Å². The van der Waals surface area contributed by atoms with Gasteiger partial charge in [0.25, 0.3) is 6.02 Å². The SMILES string of the molecule is CCC(C)(C1COC(N)=N1)N(Cc1ccc(Cl)cc1)c1ccc(Cl)c(OC)c1. The molecule has 150 valence electrons. The van der Waals surface area contributed by atoms with E-state index in [-0.39, 0.29) is 17.6 Å². The van der Waals surface area contributed by atoms with Gasteiger partial charge >= 0.3 is 0 Å². The minimum absolute atomic E-state index is 0.0912. The molecule has 0 amide bonds. The highest BCUT2D eigenvalue weighted by atomic mass is 35.5. The molecule has 2 N–H and O–H groups in total. The van der Waals surface area contributed by atoms with E-state index in [1.165, 1.54) is 0 Å². The Morgan fingerprint density at radius 3 is 2.54 bits per heavy atom. The Labute approximate surface area is 176 Å². The largest absolute Gasteiger partial charge is 0.495 e. The monoisotopic (exact) mass is 421 g/mol. The highest BCUT2D eigenvalue weighted by molar-refractivity contribution is 6.32. The third-order valence-electron chi connectivity index (χ3n) is 5.42. The van der Waals surface area contributed by atoms with Crippen LogP contribution in [-0.4, -0.2) is 31.3 Å². The molecule has 1 aliphatic rings. The zero-order valence-electron chi connectivity index (χ0n) is 16.3. The summed E-state index contributed by atoms with van der Waals surface area (Å²) in [5, 5.41) is 1.28. The van der Waals surface area contributed by atoms with Crippen LogP contribution in [0.1, 0.15) is 25.8 Å². The first-order valence-corrected chi connectivity index (χ1v) is 9.94. The molecule has 2 unspecified atom stereocenters. The van der Waals surface area contributed by atoms with Gasteiger partial charge in [0.05, 0.1) is 17.7 Å².